The van der Waals surface area contributed by atoms with E-state index < -0.39 is 6.10 Å². The van der Waals surface area contributed by atoms with E-state index in [1.54, 1.807) is 13.8 Å². The van der Waals surface area contributed by atoms with Crippen LogP contribution in [0.4, 0.5) is 0 Å². The summed E-state index contributed by atoms with van der Waals surface area (Å²) in [6, 6.07) is 0. The number of ether oxygens (including phenoxy) is 1. The Hall–Kier alpha value is -0.830. The highest BCUT2D eigenvalue weighted by Gasteiger charge is 2.49. The Kier molecular flexibility index (Phi) is 3.48. The van der Waals surface area contributed by atoms with Gasteiger partial charge >= 0.3 is 5.97 Å². The van der Waals surface area contributed by atoms with E-state index in [0.717, 1.165) is 0 Å². The summed E-state index contributed by atoms with van der Waals surface area (Å²) in [5, 5.41) is 10.1. The first-order chi connectivity index (χ1) is 7.21. The van der Waals surface area contributed by atoms with Crippen LogP contribution in [0.2, 0.25) is 0 Å². The summed E-state index contributed by atoms with van der Waals surface area (Å²) in [5.41, 5.74) is -0.346. The van der Waals surface area contributed by atoms with Gasteiger partial charge in [-0.1, -0.05) is 46.8 Å². The van der Waals surface area contributed by atoms with E-state index in [9.17, 15) is 9.90 Å². The summed E-state index contributed by atoms with van der Waals surface area (Å²) in [6.45, 7) is 9.76. The van der Waals surface area contributed by atoms with Crippen LogP contribution in [-0.4, -0.2) is 23.8 Å². The summed E-state index contributed by atoms with van der Waals surface area (Å²) in [7, 11) is 0. The van der Waals surface area contributed by atoms with Gasteiger partial charge in [0.15, 0.2) is 0 Å². The third-order valence-corrected chi connectivity index (χ3v) is 3.78. The van der Waals surface area contributed by atoms with E-state index in [0.29, 0.717) is 0 Å². The van der Waals surface area contributed by atoms with Crippen LogP contribution in [-0.2, 0) is 9.53 Å². The number of aliphatic hydroxyl groups excluding tert-OH is 1. The Labute approximate surface area is 97.5 Å². The molecule has 0 aliphatic heterocycles. The first-order valence-electron chi connectivity index (χ1n) is 5.76. The number of hydrogen-bond donors (Lipinski definition) is 1. The van der Waals surface area contributed by atoms with Crippen LogP contribution in [0.15, 0.2) is 12.2 Å². The molecule has 1 rings (SSSR count). The minimum Gasteiger partial charge on any atom is -0.463 e. The van der Waals surface area contributed by atoms with Gasteiger partial charge in [0, 0.05) is 5.41 Å². The van der Waals surface area contributed by atoms with Crippen molar-refractivity contribution in [3.63, 3.8) is 0 Å². The molecule has 0 aromatic carbocycles. The molecule has 0 bridgehead atoms. The fourth-order valence-electron chi connectivity index (χ4n) is 1.72. The van der Waals surface area contributed by atoms with Gasteiger partial charge in [-0.2, -0.15) is 0 Å². The number of carbonyl (C=O) groups excluding carboxylic acids is 1. The molecule has 1 aliphatic rings. The Bertz CT molecular complexity index is 304. The molecule has 0 heterocycles. The highest BCUT2D eigenvalue weighted by atomic mass is 16.5. The summed E-state index contributed by atoms with van der Waals surface area (Å²) < 4.78 is 5.06. The summed E-state index contributed by atoms with van der Waals surface area (Å²) in [4.78, 5) is 11.3. The fourth-order valence-corrected chi connectivity index (χ4v) is 1.72. The lowest BCUT2D eigenvalue weighted by atomic mass is 9.56. The second-order valence-corrected chi connectivity index (χ2v) is 5.64. The molecule has 16 heavy (non-hydrogen) atoms. The van der Waals surface area contributed by atoms with Crippen molar-refractivity contribution >= 4 is 5.97 Å². The number of esters is 1. The topological polar surface area (TPSA) is 46.5 Å². The number of carbonyl (C=O) groups is 1. The maximum absolute atomic E-state index is 11.3. The van der Waals surface area contributed by atoms with Crippen LogP contribution < -0.4 is 0 Å². The van der Waals surface area contributed by atoms with Gasteiger partial charge in [0.2, 0.25) is 0 Å². The fraction of sp³-hybridized carbons (Fsp3) is 0.769. The van der Waals surface area contributed by atoms with Crippen molar-refractivity contribution in [2.24, 2.45) is 16.7 Å². The first-order valence-corrected chi connectivity index (χ1v) is 5.76. The van der Waals surface area contributed by atoms with Crippen molar-refractivity contribution in [1.82, 2.24) is 0 Å². The molecule has 3 heteroatoms. The summed E-state index contributed by atoms with van der Waals surface area (Å²) in [6.07, 6.45) is 3.41. The van der Waals surface area contributed by atoms with Crippen LogP contribution in [0, 0.1) is 16.7 Å². The van der Waals surface area contributed by atoms with Gasteiger partial charge in [-0.05, 0) is 5.41 Å². The van der Waals surface area contributed by atoms with Gasteiger partial charge in [-0.15, -0.1) is 0 Å². The van der Waals surface area contributed by atoms with Gasteiger partial charge in [-0.25, -0.2) is 0 Å². The second kappa shape index (κ2) is 4.21. The number of hydrogen-bond acceptors (Lipinski definition) is 3. The molecule has 1 N–H and O–H groups in total. The Morgan fingerprint density at radius 1 is 1.31 bits per heavy atom. The molecule has 0 aromatic rings. The highest BCUT2D eigenvalue weighted by molar-refractivity contribution is 5.71. The molecule has 0 spiro atoms. The van der Waals surface area contributed by atoms with Gasteiger partial charge in [-0.3, -0.25) is 4.79 Å². The molecule has 92 valence electrons. The largest absolute Gasteiger partial charge is 0.463 e. The zero-order valence-electron chi connectivity index (χ0n) is 10.8. The van der Waals surface area contributed by atoms with Gasteiger partial charge in [0.05, 0.1) is 12.0 Å². The van der Waals surface area contributed by atoms with E-state index in [2.05, 4.69) is 19.9 Å². The van der Waals surface area contributed by atoms with E-state index >= 15 is 0 Å². The van der Waals surface area contributed by atoms with Crippen molar-refractivity contribution in [3.8, 4) is 0 Å². The third kappa shape index (κ3) is 2.14. The molecule has 0 radical (unpaired) electrons. The van der Waals surface area contributed by atoms with E-state index in [-0.39, 0.29) is 29.3 Å². The van der Waals surface area contributed by atoms with Gasteiger partial charge in [0.1, 0.15) is 6.61 Å². The van der Waals surface area contributed by atoms with E-state index in [4.69, 9.17) is 4.74 Å². The zero-order chi connectivity index (χ0) is 12.6. The van der Waals surface area contributed by atoms with Crippen LogP contribution in [0.3, 0.4) is 0 Å². The summed E-state index contributed by atoms with van der Waals surface area (Å²) in [5.74, 6) is -0.409. The Balaban J connectivity index is 2.52. The number of allylic oxidation sites excluding steroid dienone is 1. The van der Waals surface area contributed by atoms with Crippen LogP contribution >= 0.6 is 0 Å². The minimum atomic E-state index is -0.643. The molecule has 3 nitrogen and oxygen atoms in total. The maximum atomic E-state index is 11.3. The molecule has 0 saturated carbocycles. The maximum Gasteiger partial charge on any atom is 0.308 e. The van der Waals surface area contributed by atoms with Gasteiger partial charge < -0.3 is 9.84 Å². The SMILES string of the molecule is CC(C)C(=O)OC[C@@H](O)C1(C)C=CC1(C)C. The van der Waals surface area contributed by atoms with E-state index in [1.165, 1.54) is 0 Å². The van der Waals surface area contributed by atoms with Crippen LogP contribution in [0.25, 0.3) is 0 Å². The average Bonchev–Trinajstić information content (AvgIpc) is 2.22. The average molecular weight is 226 g/mol. The predicted molar refractivity (Wildman–Crippen MR) is 62.8 cm³/mol. The number of rotatable bonds is 4. The molecular weight excluding hydrogens is 204 g/mol. The van der Waals surface area contributed by atoms with Gasteiger partial charge in [0.25, 0.3) is 0 Å². The molecule has 1 aliphatic carbocycles. The minimum absolute atomic E-state index is 0.0450. The van der Waals surface area contributed by atoms with E-state index in [1.807, 2.05) is 13.0 Å². The monoisotopic (exact) mass is 226 g/mol. The molecular formula is C13H22O3. The molecule has 0 amide bonds. The normalized spacial score (nSPS) is 28.7. The van der Waals surface area contributed by atoms with Crippen molar-refractivity contribution in [2.75, 3.05) is 6.61 Å². The van der Waals surface area contributed by atoms with Crippen molar-refractivity contribution in [2.45, 2.75) is 40.7 Å². The highest BCUT2D eigenvalue weighted by Crippen LogP contribution is 2.51. The second-order valence-electron chi connectivity index (χ2n) is 5.64. The lowest BCUT2D eigenvalue weighted by Gasteiger charge is -2.50. The Morgan fingerprint density at radius 3 is 2.19 bits per heavy atom. The molecule has 2 atom stereocenters. The lowest BCUT2D eigenvalue weighted by molar-refractivity contribution is -0.154. The third-order valence-electron chi connectivity index (χ3n) is 3.78. The lowest BCUT2D eigenvalue weighted by Crippen LogP contribution is -2.50. The number of aliphatic hydroxyl groups is 1. The Morgan fingerprint density at radius 2 is 1.88 bits per heavy atom. The van der Waals surface area contributed by atoms with Crippen molar-refractivity contribution in [1.29, 1.82) is 0 Å². The summed E-state index contributed by atoms with van der Waals surface area (Å²) >= 11 is 0. The van der Waals surface area contributed by atoms with Crippen LogP contribution in [0.5, 0.6) is 0 Å². The molecule has 0 fully saturated rings. The molecule has 1 unspecified atom stereocenters. The molecule has 0 saturated heterocycles. The zero-order valence-corrected chi connectivity index (χ0v) is 10.8. The molecule has 0 aromatic heterocycles. The predicted octanol–water partition coefficient (Wildman–Crippen LogP) is 2.15. The van der Waals surface area contributed by atoms with Crippen molar-refractivity contribution < 1.29 is 14.6 Å². The van der Waals surface area contributed by atoms with Crippen molar-refractivity contribution in [3.05, 3.63) is 12.2 Å². The van der Waals surface area contributed by atoms with Crippen LogP contribution in [0.1, 0.15) is 34.6 Å². The standard InChI is InChI=1S/C13H22O3/c1-9(2)11(15)16-8-10(14)13(5)7-6-12(13,3)4/h6-7,9-10,14H,8H2,1-5H3/t10-,13?/m1/s1. The quantitative estimate of drug-likeness (QED) is 0.590. The smallest absolute Gasteiger partial charge is 0.308 e. The first kappa shape index (κ1) is 13.2.